The summed E-state index contributed by atoms with van der Waals surface area (Å²) in [6, 6.07) is 0. The Morgan fingerprint density at radius 1 is 1.38 bits per heavy atom. The predicted molar refractivity (Wildman–Crippen MR) is 51.5 cm³/mol. The van der Waals surface area contributed by atoms with Crippen LogP contribution < -0.4 is 5.32 Å². The molecular formula is C9H18N2O2. The maximum absolute atomic E-state index is 11.0. The SMILES string of the molecule is CCN(CCC(C)=O)CC(=O)NC. The molecule has 76 valence electrons. The van der Waals surface area contributed by atoms with Crippen LogP contribution in [-0.2, 0) is 9.59 Å². The lowest BCUT2D eigenvalue weighted by molar-refractivity contribution is -0.122. The average Bonchev–Trinajstić information content (AvgIpc) is 2.11. The quantitative estimate of drug-likeness (QED) is 0.637. The van der Waals surface area contributed by atoms with E-state index in [0.717, 1.165) is 6.54 Å². The second-order valence-electron chi connectivity index (χ2n) is 2.99. The van der Waals surface area contributed by atoms with Gasteiger partial charge in [-0.3, -0.25) is 14.5 Å². The number of hydrogen-bond donors (Lipinski definition) is 1. The number of amides is 1. The summed E-state index contributed by atoms with van der Waals surface area (Å²) in [6.07, 6.45) is 0.519. The Morgan fingerprint density at radius 3 is 2.38 bits per heavy atom. The molecule has 0 aliphatic carbocycles. The minimum atomic E-state index is -0.00889. The lowest BCUT2D eigenvalue weighted by atomic mass is 10.3. The Morgan fingerprint density at radius 2 is 2.00 bits per heavy atom. The molecule has 1 amide bonds. The third kappa shape index (κ3) is 6.28. The fourth-order valence-corrected chi connectivity index (χ4v) is 0.947. The number of likely N-dealkylation sites (N-methyl/N-ethyl adjacent to an activating group) is 2. The molecular weight excluding hydrogens is 168 g/mol. The topological polar surface area (TPSA) is 49.4 Å². The van der Waals surface area contributed by atoms with E-state index in [4.69, 9.17) is 0 Å². The van der Waals surface area contributed by atoms with Crippen molar-refractivity contribution in [3.63, 3.8) is 0 Å². The van der Waals surface area contributed by atoms with Crippen molar-refractivity contribution < 1.29 is 9.59 Å². The first-order valence-corrected chi connectivity index (χ1v) is 4.52. The third-order valence-electron chi connectivity index (χ3n) is 1.87. The van der Waals surface area contributed by atoms with Gasteiger partial charge in [0, 0.05) is 20.0 Å². The minimum Gasteiger partial charge on any atom is -0.358 e. The molecule has 0 atom stereocenters. The molecule has 0 saturated carbocycles. The fourth-order valence-electron chi connectivity index (χ4n) is 0.947. The largest absolute Gasteiger partial charge is 0.358 e. The highest BCUT2D eigenvalue weighted by atomic mass is 16.2. The van der Waals surface area contributed by atoms with Crippen molar-refractivity contribution in [2.45, 2.75) is 20.3 Å². The Labute approximate surface area is 79.3 Å². The van der Waals surface area contributed by atoms with Crippen molar-refractivity contribution in [1.82, 2.24) is 10.2 Å². The van der Waals surface area contributed by atoms with Crippen molar-refractivity contribution >= 4 is 11.7 Å². The van der Waals surface area contributed by atoms with E-state index in [9.17, 15) is 9.59 Å². The molecule has 0 heterocycles. The van der Waals surface area contributed by atoms with Gasteiger partial charge in [0.2, 0.25) is 5.91 Å². The van der Waals surface area contributed by atoms with Gasteiger partial charge in [-0.15, -0.1) is 0 Å². The molecule has 1 N–H and O–H groups in total. The van der Waals surface area contributed by atoms with Crippen molar-refractivity contribution in [2.24, 2.45) is 0 Å². The molecule has 0 unspecified atom stereocenters. The van der Waals surface area contributed by atoms with E-state index in [2.05, 4.69) is 5.32 Å². The number of nitrogens with one attached hydrogen (secondary N) is 1. The first-order valence-electron chi connectivity index (χ1n) is 4.52. The summed E-state index contributed by atoms with van der Waals surface area (Å²) in [4.78, 5) is 23.6. The van der Waals surface area contributed by atoms with Crippen LogP contribution in [-0.4, -0.2) is 43.3 Å². The van der Waals surface area contributed by atoms with Gasteiger partial charge in [-0.2, -0.15) is 0 Å². The molecule has 0 bridgehead atoms. The monoisotopic (exact) mass is 186 g/mol. The van der Waals surface area contributed by atoms with E-state index >= 15 is 0 Å². The molecule has 4 heteroatoms. The molecule has 0 rings (SSSR count). The third-order valence-corrected chi connectivity index (χ3v) is 1.87. The molecule has 0 aliphatic rings. The van der Waals surface area contributed by atoms with Gasteiger partial charge < -0.3 is 5.32 Å². The molecule has 13 heavy (non-hydrogen) atoms. The van der Waals surface area contributed by atoms with Crippen molar-refractivity contribution in [3.05, 3.63) is 0 Å². The number of hydrogen-bond acceptors (Lipinski definition) is 3. The number of rotatable bonds is 6. The van der Waals surface area contributed by atoms with Gasteiger partial charge in [0.25, 0.3) is 0 Å². The predicted octanol–water partition coefficient (Wildman–Crippen LogP) is 0.0334. The van der Waals surface area contributed by atoms with E-state index in [0.29, 0.717) is 19.5 Å². The summed E-state index contributed by atoms with van der Waals surface area (Å²) in [5.41, 5.74) is 0. The summed E-state index contributed by atoms with van der Waals surface area (Å²) in [6.45, 7) is 5.37. The summed E-state index contributed by atoms with van der Waals surface area (Å²) < 4.78 is 0. The molecule has 0 aromatic rings. The molecule has 0 fully saturated rings. The Hall–Kier alpha value is -0.900. The van der Waals surface area contributed by atoms with Gasteiger partial charge in [-0.25, -0.2) is 0 Å². The zero-order valence-electron chi connectivity index (χ0n) is 8.59. The van der Waals surface area contributed by atoms with E-state index < -0.39 is 0 Å². The van der Waals surface area contributed by atoms with Gasteiger partial charge in [-0.05, 0) is 13.5 Å². The minimum absolute atomic E-state index is 0.00889. The highest BCUT2D eigenvalue weighted by Crippen LogP contribution is 1.91. The standard InChI is InChI=1S/C9H18N2O2/c1-4-11(6-5-8(2)12)7-9(13)10-3/h4-7H2,1-3H3,(H,10,13). The van der Waals surface area contributed by atoms with Crippen LogP contribution in [0.5, 0.6) is 0 Å². The van der Waals surface area contributed by atoms with Crippen LogP contribution in [0.2, 0.25) is 0 Å². The number of Topliss-reactive ketones (excluding diaryl/α,β-unsaturated/α-hetero) is 1. The molecule has 4 nitrogen and oxygen atoms in total. The van der Waals surface area contributed by atoms with Crippen molar-refractivity contribution in [3.8, 4) is 0 Å². The van der Waals surface area contributed by atoms with Crippen molar-refractivity contribution in [2.75, 3.05) is 26.7 Å². The Bertz CT molecular complexity index is 180. The lowest BCUT2D eigenvalue weighted by Gasteiger charge is -2.18. The van der Waals surface area contributed by atoms with Crippen LogP contribution in [0.3, 0.4) is 0 Å². The Kier molecular flexibility index (Phi) is 6.14. The molecule has 0 saturated heterocycles. The van der Waals surface area contributed by atoms with E-state index in [1.165, 1.54) is 0 Å². The zero-order valence-corrected chi connectivity index (χ0v) is 8.59. The van der Waals surface area contributed by atoms with Gasteiger partial charge in [-0.1, -0.05) is 6.92 Å². The molecule has 0 aromatic heterocycles. The van der Waals surface area contributed by atoms with Gasteiger partial charge in [0.1, 0.15) is 5.78 Å². The molecule has 0 radical (unpaired) electrons. The summed E-state index contributed by atoms with van der Waals surface area (Å²) >= 11 is 0. The fraction of sp³-hybridized carbons (Fsp3) is 0.778. The van der Waals surface area contributed by atoms with Gasteiger partial charge in [0.15, 0.2) is 0 Å². The maximum atomic E-state index is 11.0. The van der Waals surface area contributed by atoms with Crippen molar-refractivity contribution in [1.29, 1.82) is 0 Å². The number of carbonyl (C=O) groups is 2. The van der Waals surface area contributed by atoms with Crippen LogP contribution in [0, 0.1) is 0 Å². The first-order chi connectivity index (χ1) is 6.10. The highest BCUT2D eigenvalue weighted by molar-refractivity contribution is 5.78. The molecule has 0 spiro atoms. The first kappa shape index (κ1) is 12.1. The second kappa shape index (κ2) is 6.60. The summed E-state index contributed by atoms with van der Waals surface area (Å²) in [5.74, 6) is 0.153. The normalized spacial score (nSPS) is 10.2. The van der Waals surface area contributed by atoms with Crippen LogP contribution in [0.1, 0.15) is 20.3 Å². The smallest absolute Gasteiger partial charge is 0.233 e. The maximum Gasteiger partial charge on any atom is 0.233 e. The summed E-state index contributed by atoms with van der Waals surface area (Å²) in [5, 5.41) is 2.55. The van der Waals surface area contributed by atoms with E-state index in [1.54, 1.807) is 14.0 Å². The lowest BCUT2D eigenvalue weighted by Crippen LogP contribution is -2.36. The number of ketones is 1. The average molecular weight is 186 g/mol. The van der Waals surface area contributed by atoms with Gasteiger partial charge >= 0.3 is 0 Å². The van der Waals surface area contributed by atoms with Crippen LogP contribution in [0.15, 0.2) is 0 Å². The number of carbonyl (C=O) groups excluding carboxylic acids is 2. The second-order valence-corrected chi connectivity index (χ2v) is 2.99. The van der Waals surface area contributed by atoms with Crippen LogP contribution in [0.4, 0.5) is 0 Å². The van der Waals surface area contributed by atoms with Gasteiger partial charge in [0.05, 0.1) is 6.54 Å². The Balaban J connectivity index is 3.75. The van der Waals surface area contributed by atoms with Crippen LogP contribution in [0.25, 0.3) is 0 Å². The number of nitrogens with zero attached hydrogens (tertiary/aromatic N) is 1. The zero-order chi connectivity index (χ0) is 10.3. The molecule has 0 aliphatic heterocycles. The van der Waals surface area contributed by atoms with E-state index in [-0.39, 0.29) is 11.7 Å². The summed E-state index contributed by atoms with van der Waals surface area (Å²) in [7, 11) is 1.61. The van der Waals surface area contributed by atoms with Crippen LogP contribution >= 0.6 is 0 Å². The molecule has 0 aromatic carbocycles. The highest BCUT2D eigenvalue weighted by Gasteiger charge is 2.07. The van der Waals surface area contributed by atoms with E-state index in [1.807, 2.05) is 11.8 Å².